The van der Waals surface area contributed by atoms with E-state index < -0.39 is 5.60 Å². The minimum Gasteiger partial charge on any atom is -0.392 e. The third-order valence-electron chi connectivity index (χ3n) is 2.70. The van der Waals surface area contributed by atoms with Gasteiger partial charge in [0.2, 0.25) is 0 Å². The van der Waals surface area contributed by atoms with Crippen LogP contribution in [0.25, 0.3) is 0 Å². The molecule has 0 radical (unpaired) electrons. The molecule has 0 spiro atoms. The van der Waals surface area contributed by atoms with Gasteiger partial charge >= 0.3 is 0 Å². The summed E-state index contributed by atoms with van der Waals surface area (Å²) in [7, 11) is 0. The number of aliphatic hydroxyl groups is 1. The van der Waals surface area contributed by atoms with Gasteiger partial charge in [-0.3, -0.25) is 4.90 Å². The van der Waals surface area contributed by atoms with Gasteiger partial charge < -0.3 is 10.8 Å². The zero-order chi connectivity index (χ0) is 10.8. The summed E-state index contributed by atoms with van der Waals surface area (Å²) in [6.45, 7) is 5.60. The summed E-state index contributed by atoms with van der Waals surface area (Å²) in [5.74, 6) is 0. The molecule has 0 aromatic rings. The van der Waals surface area contributed by atoms with Crippen LogP contribution in [0.2, 0.25) is 0 Å². The summed E-state index contributed by atoms with van der Waals surface area (Å²) in [6, 6.07) is 0.257. The van der Waals surface area contributed by atoms with Gasteiger partial charge in [-0.15, -0.1) is 0 Å². The highest BCUT2D eigenvalue weighted by molar-refractivity contribution is 7.80. The second-order valence-corrected chi connectivity index (χ2v) is 5.13. The van der Waals surface area contributed by atoms with Gasteiger partial charge in [-0.25, -0.2) is 0 Å². The van der Waals surface area contributed by atoms with Gasteiger partial charge in [0.05, 0.1) is 16.6 Å². The molecule has 3 N–H and O–H groups in total. The molecular weight excluding hydrogens is 196 g/mol. The van der Waals surface area contributed by atoms with Gasteiger partial charge in [-0.2, -0.15) is 0 Å². The smallest absolute Gasteiger partial charge is 0.0902 e. The SMILES string of the molecule is CC(C)(O)CCN1CCCC1C(N)=S. The van der Waals surface area contributed by atoms with E-state index >= 15 is 0 Å². The van der Waals surface area contributed by atoms with E-state index in [0.717, 1.165) is 32.4 Å². The predicted octanol–water partition coefficient (Wildman–Crippen LogP) is 0.898. The van der Waals surface area contributed by atoms with Crippen LogP contribution in [0, 0.1) is 0 Å². The summed E-state index contributed by atoms with van der Waals surface area (Å²) in [5.41, 5.74) is 5.06. The fraction of sp³-hybridized carbons (Fsp3) is 0.900. The monoisotopic (exact) mass is 216 g/mol. The molecule has 0 aromatic heterocycles. The summed E-state index contributed by atoms with van der Waals surface area (Å²) >= 11 is 5.01. The van der Waals surface area contributed by atoms with Crippen LogP contribution < -0.4 is 5.73 Å². The Kier molecular flexibility index (Phi) is 3.86. The molecule has 1 heterocycles. The number of hydrogen-bond donors (Lipinski definition) is 2. The lowest BCUT2D eigenvalue weighted by molar-refractivity contribution is 0.0588. The van der Waals surface area contributed by atoms with Crippen LogP contribution in [0.15, 0.2) is 0 Å². The van der Waals surface area contributed by atoms with Gasteiger partial charge in [0.15, 0.2) is 0 Å². The van der Waals surface area contributed by atoms with E-state index in [1.807, 2.05) is 13.8 Å². The first-order valence-corrected chi connectivity index (χ1v) is 5.57. The number of nitrogens with two attached hydrogens (primary N) is 1. The Bertz CT molecular complexity index is 213. The molecule has 0 amide bonds. The third-order valence-corrected chi connectivity index (χ3v) is 2.97. The van der Waals surface area contributed by atoms with E-state index in [1.165, 1.54) is 0 Å². The maximum atomic E-state index is 9.61. The van der Waals surface area contributed by atoms with E-state index in [0.29, 0.717) is 4.99 Å². The predicted molar refractivity (Wildman–Crippen MR) is 62.3 cm³/mol. The van der Waals surface area contributed by atoms with Crippen LogP contribution in [0.5, 0.6) is 0 Å². The summed E-state index contributed by atoms with van der Waals surface area (Å²) in [5, 5.41) is 9.61. The van der Waals surface area contributed by atoms with Crippen LogP contribution >= 0.6 is 12.2 Å². The van der Waals surface area contributed by atoms with Crippen LogP contribution in [0.4, 0.5) is 0 Å². The van der Waals surface area contributed by atoms with Crippen molar-refractivity contribution in [1.82, 2.24) is 4.90 Å². The quantitative estimate of drug-likeness (QED) is 0.686. The molecular formula is C10H20N2OS. The first-order valence-electron chi connectivity index (χ1n) is 5.16. The topological polar surface area (TPSA) is 49.5 Å². The molecule has 1 rings (SSSR count). The van der Waals surface area contributed by atoms with E-state index in [9.17, 15) is 5.11 Å². The van der Waals surface area contributed by atoms with Gasteiger partial charge in [-0.05, 0) is 39.7 Å². The Morgan fingerprint density at radius 2 is 2.29 bits per heavy atom. The largest absolute Gasteiger partial charge is 0.392 e. The van der Waals surface area contributed by atoms with Crippen molar-refractivity contribution in [2.24, 2.45) is 5.73 Å². The molecule has 0 saturated carbocycles. The number of likely N-dealkylation sites (tertiary alicyclic amines) is 1. The van der Waals surface area contributed by atoms with E-state index in [2.05, 4.69) is 4.90 Å². The third kappa shape index (κ3) is 3.52. The Balaban J connectivity index is 2.40. The first kappa shape index (κ1) is 11.9. The highest BCUT2D eigenvalue weighted by Crippen LogP contribution is 2.19. The molecule has 1 atom stereocenters. The Labute approximate surface area is 91.3 Å². The fourth-order valence-corrected chi connectivity index (χ4v) is 2.10. The van der Waals surface area contributed by atoms with Crippen LogP contribution in [0.3, 0.4) is 0 Å². The normalized spacial score (nSPS) is 24.1. The molecule has 0 aromatic carbocycles. The minimum atomic E-state index is -0.594. The van der Waals surface area contributed by atoms with Crippen molar-refractivity contribution in [2.45, 2.75) is 44.8 Å². The maximum Gasteiger partial charge on any atom is 0.0902 e. The first-order chi connectivity index (χ1) is 6.40. The Hall–Kier alpha value is -0.190. The van der Waals surface area contributed by atoms with Gasteiger partial charge in [0, 0.05) is 6.54 Å². The molecule has 1 fully saturated rings. The lowest BCUT2D eigenvalue weighted by Crippen LogP contribution is -2.41. The van der Waals surface area contributed by atoms with Crippen LogP contribution in [-0.2, 0) is 0 Å². The van der Waals surface area contributed by atoms with Gasteiger partial charge in [-0.1, -0.05) is 12.2 Å². The highest BCUT2D eigenvalue weighted by Gasteiger charge is 2.27. The minimum absolute atomic E-state index is 0.257. The van der Waals surface area contributed by atoms with Crippen LogP contribution in [0.1, 0.15) is 33.1 Å². The second kappa shape index (κ2) is 4.55. The highest BCUT2D eigenvalue weighted by atomic mass is 32.1. The summed E-state index contributed by atoms with van der Waals surface area (Å²) < 4.78 is 0. The maximum absolute atomic E-state index is 9.61. The molecule has 0 aliphatic carbocycles. The number of nitrogens with zero attached hydrogens (tertiary/aromatic N) is 1. The number of thiocarbonyl (C=S) groups is 1. The van der Waals surface area contributed by atoms with E-state index in [4.69, 9.17) is 18.0 Å². The molecule has 0 bridgehead atoms. The molecule has 1 aliphatic heterocycles. The van der Waals surface area contributed by atoms with Crippen molar-refractivity contribution in [3.8, 4) is 0 Å². The molecule has 14 heavy (non-hydrogen) atoms. The zero-order valence-corrected chi connectivity index (χ0v) is 9.81. The lowest BCUT2D eigenvalue weighted by atomic mass is 10.1. The zero-order valence-electron chi connectivity index (χ0n) is 8.99. The van der Waals surface area contributed by atoms with E-state index in [-0.39, 0.29) is 6.04 Å². The van der Waals surface area contributed by atoms with Crippen molar-refractivity contribution in [1.29, 1.82) is 0 Å². The number of hydrogen-bond acceptors (Lipinski definition) is 3. The number of rotatable bonds is 4. The van der Waals surface area contributed by atoms with Crippen molar-refractivity contribution < 1.29 is 5.11 Å². The molecule has 82 valence electrons. The second-order valence-electron chi connectivity index (χ2n) is 4.66. The van der Waals surface area contributed by atoms with Crippen molar-refractivity contribution in [3.05, 3.63) is 0 Å². The Morgan fingerprint density at radius 1 is 1.64 bits per heavy atom. The molecule has 4 heteroatoms. The Morgan fingerprint density at radius 3 is 2.79 bits per heavy atom. The van der Waals surface area contributed by atoms with Gasteiger partial charge in [0.25, 0.3) is 0 Å². The van der Waals surface area contributed by atoms with Crippen molar-refractivity contribution >= 4 is 17.2 Å². The summed E-state index contributed by atoms with van der Waals surface area (Å²) in [6.07, 6.45) is 3.00. The van der Waals surface area contributed by atoms with Crippen molar-refractivity contribution in [3.63, 3.8) is 0 Å². The summed E-state index contributed by atoms with van der Waals surface area (Å²) in [4.78, 5) is 2.87. The molecule has 3 nitrogen and oxygen atoms in total. The average molecular weight is 216 g/mol. The van der Waals surface area contributed by atoms with Crippen LogP contribution in [-0.4, -0.2) is 39.7 Å². The average Bonchev–Trinajstić information content (AvgIpc) is 2.46. The molecule has 1 saturated heterocycles. The molecule has 1 aliphatic rings. The fourth-order valence-electron chi connectivity index (χ4n) is 1.83. The van der Waals surface area contributed by atoms with E-state index in [1.54, 1.807) is 0 Å². The van der Waals surface area contributed by atoms with Gasteiger partial charge in [0.1, 0.15) is 0 Å². The van der Waals surface area contributed by atoms with Crippen molar-refractivity contribution in [2.75, 3.05) is 13.1 Å². The molecule has 1 unspecified atom stereocenters. The standard InChI is InChI=1S/C10H20N2OS/c1-10(2,13)5-7-12-6-3-4-8(12)9(11)14/h8,13H,3-7H2,1-2H3,(H2,11,14). The lowest BCUT2D eigenvalue weighted by Gasteiger charge is -2.26.